The van der Waals surface area contributed by atoms with Gasteiger partial charge in [0.25, 0.3) is 0 Å². The lowest BCUT2D eigenvalue weighted by Crippen LogP contribution is -2.00. The number of fused-ring (bicyclic) bond motifs is 5. The van der Waals surface area contributed by atoms with Crippen molar-refractivity contribution in [3.63, 3.8) is 0 Å². The summed E-state index contributed by atoms with van der Waals surface area (Å²) in [5.41, 5.74) is 9.14. The third kappa shape index (κ3) is 4.78. The van der Waals surface area contributed by atoms with Crippen LogP contribution in [0.4, 0.5) is 0 Å². The lowest BCUT2D eigenvalue weighted by Gasteiger charge is -2.12. The highest BCUT2D eigenvalue weighted by atomic mass is 16.6. The number of benzene rings is 6. The molecule has 0 spiro atoms. The molecule has 0 radical (unpaired) electrons. The summed E-state index contributed by atoms with van der Waals surface area (Å²) in [7, 11) is 0. The van der Waals surface area contributed by atoms with E-state index in [2.05, 4.69) is 71.0 Å². The summed E-state index contributed by atoms with van der Waals surface area (Å²) in [6.07, 6.45) is 0. The van der Waals surface area contributed by atoms with Crippen molar-refractivity contribution >= 4 is 32.7 Å². The van der Waals surface area contributed by atoms with Gasteiger partial charge in [-0.2, -0.15) is 0 Å². The van der Waals surface area contributed by atoms with E-state index in [1.807, 2.05) is 84.9 Å². The smallest absolute Gasteiger partial charge is 0.164 e. The first-order valence-electron chi connectivity index (χ1n) is 15.3. The fourth-order valence-corrected chi connectivity index (χ4v) is 6.08. The molecule has 3 heterocycles. The van der Waals surface area contributed by atoms with E-state index in [9.17, 15) is 0 Å². The second-order valence-corrected chi connectivity index (χ2v) is 11.3. The van der Waals surface area contributed by atoms with Crippen molar-refractivity contribution in [1.82, 2.24) is 30.2 Å². The first-order valence-corrected chi connectivity index (χ1v) is 15.3. The molecule has 6 aromatic carbocycles. The normalized spacial score (nSPS) is 11.4. The lowest BCUT2D eigenvalue weighted by atomic mass is 9.96. The third-order valence-corrected chi connectivity index (χ3v) is 8.40. The van der Waals surface area contributed by atoms with E-state index in [0.29, 0.717) is 23.0 Å². The number of hydrogen-bond donors (Lipinski definition) is 0. The van der Waals surface area contributed by atoms with Gasteiger partial charge in [-0.3, -0.25) is 0 Å². The molecule has 47 heavy (non-hydrogen) atoms. The van der Waals surface area contributed by atoms with E-state index in [-0.39, 0.29) is 0 Å². The average Bonchev–Trinajstić information content (AvgIpc) is 3.65. The Bertz CT molecular complexity index is 2490. The summed E-state index contributed by atoms with van der Waals surface area (Å²) < 4.78 is 5.17. The van der Waals surface area contributed by atoms with Crippen LogP contribution < -0.4 is 0 Å². The monoisotopic (exact) mass is 604 g/mol. The number of nitrogens with zero attached hydrogens (tertiary/aromatic N) is 6. The Balaban J connectivity index is 1.16. The van der Waals surface area contributed by atoms with Gasteiger partial charge in [-0.15, -0.1) is 0 Å². The zero-order valence-electron chi connectivity index (χ0n) is 24.9. The Morgan fingerprint density at radius 3 is 1.49 bits per heavy atom. The molecular formula is C40H24N6O. The summed E-state index contributed by atoms with van der Waals surface area (Å²) in [4.78, 5) is 19.7. The average molecular weight is 605 g/mol. The summed E-state index contributed by atoms with van der Waals surface area (Å²) in [6.45, 7) is 0. The standard InChI is InChI=1S/C40H24N6O/c1-4-10-26(11-5-1)36-31-21-23-34-37(46-47-45-34)35(31)32-24-30(20-22-33(32)41-36)25-16-18-29(19-17-25)40-43-38(27-12-6-2-7-13-27)42-39(44-40)28-14-8-3-9-15-28/h1-24H. The molecule has 0 fully saturated rings. The number of aromatic nitrogens is 6. The molecule has 0 saturated heterocycles. The van der Waals surface area contributed by atoms with Gasteiger partial charge in [-0.1, -0.05) is 121 Å². The molecule has 220 valence electrons. The Hall–Kier alpha value is -6.60. The van der Waals surface area contributed by atoms with Crippen LogP contribution in [0, 0.1) is 0 Å². The Morgan fingerprint density at radius 1 is 0.362 bits per heavy atom. The Morgan fingerprint density at radius 2 is 0.872 bits per heavy atom. The second kappa shape index (κ2) is 11.1. The first-order chi connectivity index (χ1) is 23.3. The minimum Gasteiger partial charge on any atom is -0.247 e. The molecule has 0 amide bonds. The van der Waals surface area contributed by atoms with E-state index in [0.717, 1.165) is 66.3 Å². The van der Waals surface area contributed by atoms with Gasteiger partial charge in [-0.25, -0.2) is 24.6 Å². The molecule has 7 nitrogen and oxygen atoms in total. The highest BCUT2D eigenvalue weighted by molar-refractivity contribution is 6.21. The Labute approximate surface area is 269 Å². The molecule has 9 aromatic rings. The van der Waals surface area contributed by atoms with Crippen LogP contribution in [-0.4, -0.2) is 30.2 Å². The van der Waals surface area contributed by atoms with Gasteiger partial charge in [0.2, 0.25) is 0 Å². The zero-order valence-corrected chi connectivity index (χ0v) is 24.9. The van der Waals surface area contributed by atoms with Crippen molar-refractivity contribution < 1.29 is 4.63 Å². The van der Waals surface area contributed by atoms with E-state index in [1.54, 1.807) is 0 Å². The van der Waals surface area contributed by atoms with Gasteiger partial charge >= 0.3 is 0 Å². The van der Waals surface area contributed by atoms with E-state index in [4.69, 9.17) is 24.6 Å². The Kier molecular flexibility index (Phi) is 6.31. The molecule has 0 atom stereocenters. The van der Waals surface area contributed by atoms with Crippen LogP contribution >= 0.6 is 0 Å². The van der Waals surface area contributed by atoms with E-state index < -0.39 is 0 Å². The number of hydrogen-bond acceptors (Lipinski definition) is 7. The van der Waals surface area contributed by atoms with E-state index >= 15 is 0 Å². The van der Waals surface area contributed by atoms with Gasteiger partial charge < -0.3 is 0 Å². The van der Waals surface area contributed by atoms with Gasteiger partial charge in [0.15, 0.2) is 17.5 Å². The highest BCUT2D eigenvalue weighted by Crippen LogP contribution is 2.38. The van der Waals surface area contributed by atoms with Gasteiger partial charge in [0.05, 0.1) is 11.2 Å². The van der Waals surface area contributed by atoms with Crippen LogP contribution in [0.3, 0.4) is 0 Å². The summed E-state index contributed by atoms with van der Waals surface area (Å²) in [5.74, 6) is 1.89. The fraction of sp³-hybridized carbons (Fsp3) is 0. The predicted molar refractivity (Wildman–Crippen MR) is 185 cm³/mol. The molecule has 0 aliphatic heterocycles. The van der Waals surface area contributed by atoms with Gasteiger partial charge in [0, 0.05) is 38.4 Å². The van der Waals surface area contributed by atoms with Crippen LogP contribution in [0.5, 0.6) is 0 Å². The minimum absolute atomic E-state index is 0.618. The van der Waals surface area contributed by atoms with E-state index in [1.165, 1.54) is 0 Å². The van der Waals surface area contributed by atoms with Crippen molar-refractivity contribution in [2.45, 2.75) is 0 Å². The summed E-state index contributed by atoms with van der Waals surface area (Å²) in [6, 6.07) is 48.9. The van der Waals surface area contributed by atoms with Crippen LogP contribution in [-0.2, 0) is 0 Å². The number of rotatable bonds is 5. The third-order valence-electron chi connectivity index (χ3n) is 8.40. The number of pyridine rings is 1. The maximum absolute atomic E-state index is 5.17. The molecule has 0 aliphatic carbocycles. The van der Waals surface area contributed by atoms with Crippen molar-refractivity contribution in [1.29, 1.82) is 0 Å². The van der Waals surface area contributed by atoms with Crippen molar-refractivity contribution in [2.24, 2.45) is 0 Å². The molecule has 7 heteroatoms. The van der Waals surface area contributed by atoms with Gasteiger partial charge in [0.1, 0.15) is 11.0 Å². The molecule has 3 aromatic heterocycles. The van der Waals surface area contributed by atoms with Crippen LogP contribution in [0.25, 0.3) is 89.3 Å². The maximum atomic E-state index is 5.17. The summed E-state index contributed by atoms with van der Waals surface area (Å²) in [5, 5.41) is 11.4. The fourth-order valence-electron chi connectivity index (χ4n) is 6.08. The van der Waals surface area contributed by atoms with Crippen molar-refractivity contribution in [3.05, 3.63) is 146 Å². The summed E-state index contributed by atoms with van der Waals surface area (Å²) >= 11 is 0. The quantitative estimate of drug-likeness (QED) is 0.181. The van der Waals surface area contributed by atoms with Crippen LogP contribution in [0.15, 0.2) is 150 Å². The lowest BCUT2D eigenvalue weighted by molar-refractivity contribution is 0.316. The molecular weight excluding hydrogens is 580 g/mol. The predicted octanol–water partition coefficient (Wildman–Crippen LogP) is 9.44. The zero-order chi connectivity index (χ0) is 31.2. The molecule has 0 unspecified atom stereocenters. The maximum Gasteiger partial charge on any atom is 0.164 e. The van der Waals surface area contributed by atoms with Crippen LogP contribution in [0.2, 0.25) is 0 Å². The molecule has 9 rings (SSSR count). The largest absolute Gasteiger partial charge is 0.247 e. The van der Waals surface area contributed by atoms with Gasteiger partial charge in [-0.05, 0) is 45.7 Å². The van der Waals surface area contributed by atoms with Crippen molar-refractivity contribution in [3.8, 4) is 56.5 Å². The highest BCUT2D eigenvalue weighted by Gasteiger charge is 2.17. The molecule has 0 N–H and O–H groups in total. The minimum atomic E-state index is 0.618. The van der Waals surface area contributed by atoms with Crippen molar-refractivity contribution in [2.75, 3.05) is 0 Å². The van der Waals surface area contributed by atoms with Crippen LogP contribution in [0.1, 0.15) is 0 Å². The molecule has 0 aliphatic rings. The topological polar surface area (TPSA) is 90.5 Å². The second-order valence-electron chi connectivity index (χ2n) is 11.3. The SMILES string of the molecule is c1ccc(-c2nc(-c3ccccc3)nc(-c3ccc(-c4ccc5nc(-c6ccccc6)c6ccc7nonc7c6c5c4)cc3)n2)cc1. The molecule has 0 saturated carbocycles. The molecule has 0 bridgehead atoms. The first kappa shape index (κ1) is 26.8.